The Morgan fingerprint density at radius 2 is 0.357 bits per heavy atom. The fraction of sp³-hybridized carbons (Fsp3) is 0. The zero-order valence-electron chi connectivity index (χ0n) is 23.0. The minimum Gasteiger partial charge on any atom is -0.775 e. The molecule has 0 heterocycles. The van der Waals surface area contributed by atoms with Crippen LogP contribution >= 0.6 is 0 Å². The van der Waals surface area contributed by atoms with Crippen molar-refractivity contribution in [3.8, 4) is 0 Å². The molecule has 0 fully saturated rings. The van der Waals surface area contributed by atoms with Gasteiger partial charge in [-0.15, -0.1) is 0 Å². The molecular weight excluding hydrogens is 907 g/mol. The van der Waals surface area contributed by atoms with Crippen LogP contribution < -0.4 is 0 Å². The maximum absolute atomic E-state index is 8.44. The number of rotatable bonds is 0. The molecule has 0 aromatic heterocycles. The minimum absolute atomic E-state index is 0. The Kier molecular flexibility index (Phi) is 42.7. The Bertz CT molecular complexity index is 783. The molecule has 0 aliphatic rings. The predicted molar refractivity (Wildman–Crippen MR) is 175 cm³/mol. The molecule has 6 heteroatoms. The van der Waals surface area contributed by atoms with Crippen molar-refractivity contribution in [2.75, 3.05) is 0 Å². The van der Waals surface area contributed by atoms with Gasteiger partial charge >= 0.3 is 0 Å². The molecule has 0 unspecified atom stereocenters. The molecular formula is C36H30N2O2Pb2-2. The standard InChI is InChI=1S/6C6H5.H2N2O2.2Pb/c6*1-2-4-6-5-3-1;3-1-2-4;;/h6*1-5H;(H,1,4)(H,2,3);;/p-2. The van der Waals surface area contributed by atoms with E-state index >= 15 is 0 Å². The first kappa shape index (κ1) is 42.8. The van der Waals surface area contributed by atoms with E-state index in [2.05, 4.69) is 36.4 Å². The Hall–Kier alpha value is -3.64. The monoisotopic (exact) mass is 938 g/mol. The quantitative estimate of drug-likeness (QED) is 0.0871. The van der Waals surface area contributed by atoms with E-state index in [1.807, 2.05) is 182 Å². The van der Waals surface area contributed by atoms with Crippen molar-refractivity contribution in [2.24, 2.45) is 10.6 Å². The van der Waals surface area contributed by atoms with Crippen molar-refractivity contribution in [1.29, 1.82) is 0 Å². The summed E-state index contributed by atoms with van der Waals surface area (Å²) in [7, 11) is 0. The van der Waals surface area contributed by atoms with Crippen LogP contribution in [0.5, 0.6) is 0 Å². The maximum Gasteiger partial charge on any atom is 0 e. The molecule has 206 valence electrons. The molecule has 6 aromatic rings. The Labute approximate surface area is 291 Å². The van der Waals surface area contributed by atoms with Gasteiger partial charge in [0.05, 0.1) is 0 Å². The predicted octanol–water partition coefficient (Wildman–Crippen LogP) is 8.59. The van der Waals surface area contributed by atoms with Gasteiger partial charge in [0.1, 0.15) is 0 Å². The summed E-state index contributed by atoms with van der Waals surface area (Å²) in [5, 5.41) is 20.0. The van der Waals surface area contributed by atoms with E-state index in [0.29, 0.717) is 0 Å². The van der Waals surface area contributed by atoms with Gasteiger partial charge in [0.15, 0.2) is 0 Å². The minimum atomic E-state index is 0. The Morgan fingerprint density at radius 3 is 0.381 bits per heavy atom. The Morgan fingerprint density at radius 1 is 0.238 bits per heavy atom. The van der Waals surface area contributed by atoms with E-state index in [0.717, 1.165) is 0 Å². The largest absolute Gasteiger partial charge is 0.775 e. The molecule has 14 radical (unpaired) electrons. The fourth-order valence-corrected chi connectivity index (χ4v) is 2.05. The average Bonchev–Trinajstić information content (AvgIpc) is 3.11. The van der Waals surface area contributed by atoms with Gasteiger partial charge < -0.3 is 10.4 Å². The van der Waals surface area contributed by atoms with Crippen molar-refractivity contribution >= 4 is 54.6 Å². The molecule has 4 nitrogen and oxygen atoms in total. The molecule has 0 amide bonds. The summed E-state index contributed by atoms with van der Waals surface area (Å²) < 4.78 is 0. The zero-order chi connectivity index (χ0) is 28.9. The molecule has 6 aromatic carbocycles. The van der Waals surface area contributed by atoms with Gasteiger partial charge in [-0.05, 0) is 36.4 Å². The van der Waals surface area contributed by atoms with Gasteiger partial charge in [-0.2, -0.15) is 0 Å². The summed E-state index contributed by atoms with van der Waals surface area (Å²) >= 11 is 0. The molecule has 6 rings (SSSR count). The van der Waals surface area contributed by atoms with Crippen molar-refractivity contribution < 1.29 is 0 Å². The third-order valence-corrected chi connectivity index (χ3v) is 3.68. The van der Waals surface area contributed by atoms with Crippen molar-refractivity contribution in [3.63, 3.8) is 0 Å². The molecule has 0 saturated heterocycles. The first-order chi connectivity index (χ1) is 19.9. The van der Waals surface area contributed by atoms with Crippen LogP contribution in [0.4, 0.5) is 0 Å². The van der Waals surface area contributed by atoms with Crippen LogP contribution in [0, 0.1) is 46.8 Å². The van der Waals surface area contributed by atoms with Crippen LogP contribution in [0.1, 0.15) is 0 Å². The van der Waals surface area contributed by atoms with Crippen LogP contribution in [-0.2, 0) is 0 Å². The molecule has 0 atom stereocenters. The SMILES string of the molecule is [O-]N=N[O-].[Pb].[Pb].[c]1ccccc1.[c]1ccccc1.[c]1ccccc1.[c]1ccccc1.[c]1ccccc1.[c]1ccccc1. The van der Waals surface area contributed by atoms with Gasteiger partial charge in [0, 0.05) is 54.6 Å². The van der Waals surface area contributed by atoms with Crippen LogP contribution in [-0.4, -0.2) is 54.6 Å². The van der Waals surface area contributed by atoms with Crippen LogP contribution in [0.25, 0.3) is 0 Å². The summed E-state index contributed by atoms with van der Waals surface area (Å²) in [6, 6.07) is 75.0. The van der Waals surface area contributed by atoms with Gasteiger partial charge in [0.2, 0.25) is 0 Å². The van der Waals surface area contributed by atoms with E-state index in [1.165, 1.54) is 0 Å². The maximum atomic E-state index is 8.44. The molecule has 0 saturated carbocycles. The fourth-order valence-electron chi connectivity index (χ4n) is 2.05. The topological polar surface area (TPSA) is 70.8 Å². The number of nitrogens with zero attached hydrogens (tertiary/aromatic N) is 2. The molecule has 42 heavy (non-hydrogen) atoms. The van der Waals surface area contributed by atoms with E-state index in [1.54, 1.807) is 10.6 Å². The van der Waals surface area contributed by atoms with Gasteiger partial charge in [0.25, 0.3) is 0 Å². The number of benzene rings is 6. The van der Waals surface area contributed by atoms with Gasteiger partial charge in [-0.3, -0.25) is 0 Å². The molecule has 0 N–H and O–H groups in total. The van der Waals surface area contributed by atoms with Gasteiger partial charge in [-0.1, -0.05) is 182 Å². The molecule has 0 spiro atoms. The van der Waals surface area contributed by atoms with Crippen molar-refractivity contribution in [1.82, 2.24) is 0 Å². The number of hydrogen-bond acceptors (Lipinski definition) is 4. The molecule has 0 bridgehead atoms. The van der Waals surface area contributed by atoms with Gasteiger partial charge in [-0.25, -0.2) is 10.6 Å². The number of hydrogen-bond donors (Lipinski definition) is 0. The van der Waals surface area contributed by atoms with Crippen LogP contribution in [0.3, 0.4) is 0 Å². The summed E-state index contributed by atoms with van der Waals surface area (Å²) in [5.41, 5.74) is 0. The summed E-state index contributed by atoms with van der Waals surface area (Å²) in [4.78, 5) is 0. The second-order valence-electron chi connectivity index (χ2n) is 6.63. The van der Waals surface area contributed by atoms with E-state index in [4.69, 9.17) is 10.4 Å². The average molecular weight is 937 g/mol. The molecule has 0 aliphatic carbocycles. The second kappa shape index (κ2) is 41.8. The third kappa shape index (κ3) is 40.9. The van der Waals surface area contributed by atoms with Crippen molar-refractivity contribution in [3.05, 3.63) is 229 Å². The zero-order valence-corrected chi connectivity index (χ0v) is 30.8. The smallest absolute Gasteiger partial charge is 0 e. The second-order valence-corrected chi connectivity index (χ2v) is 6.63. The van der Waals surface area contributed by atoms with E-state index in [-0.39, 0.29) is 54.6 Å². The first-order valence-corrected chi connectivity index (χ1v) is 12.0. The summed E-state index contributed by atoms with van der Waals surface area (Å²) in [6.45, 7) is 0. The normalized spacial score (nSPS) is 7.71. The van der Waals surface area contributed by atoms with Crippen molar-refractivity contribution in [2.45, 2.75) is 0 Å². The molecule has 0 aliphatic heterocycles. The first-order valence-electron chi connectivity index (χ1n) is 12.0. The van der Waals surface area contributed by atoms with E-state index < -0.39 is 0 Å². The Balaban J connectivity index is -0.000000421. The summed E-state index contributed by atoms with van der Waals surface area (Å²) in [6.07, 6.45) is 0. The van der Waals surface area contributed by atoms with Crippen LogP contribution in [0.2, 0.25) is 0 Å². The van der Waals surface area contributed by atoms with E-state index in [9.17, 15) is 0 Å². The summed E-state index contributed by atoms with van der Waals surface area (Å²) in [5.74, 6) is 0. The van der Waals surface area contributed by atoms with Crippen LogP contribution in [0.15, 0.2) is 193 Å². The third-order valence-electron chi connectivity index (χ3n) is 3.68.